The summed E-state index contributed by atoms with van der Waals surface area (Å²) in [4.78, 5) is 9.72. The normalized spacial score (nSPS) is 22.4. The number of aliphatic hydroxyl groups is 1. The van der Waals surface area contributed by atoms with E-state index in [4.69, 9.17) is 5.73 Å². The molecule has 0 aromatic rings. The first-order chi connectivity index (χ1) is 6.16. The monoisotopic (exact) mass is 186 g/mol. The molecule has 1 saturated carbocycles. The molecule has 0 aromatic heterocycles. The van der Waals surface area contributed by atoms with Gasteiger partial charge in [-0.25, -0.2) is 0 Å². The summed E-state index contributed by atoms with van der Waals surface area (Å²) in [6.45, 7) is 0. The number of hydrogen-bond acceptors (Lipinski definition) is 3. The topological polar surface area (TPSA) is 100 Å². The van der Waals surface area contributed by atoms with Crippen LogP contribution in [0.2, 0.25) is 0 Å². The van der Waals surface area contributed by atoms with E-state index in [2.05, 4.69) is 15.7 Å². The molecular weight excluding hydrogens is 172 g/mol. The molecular formula is C7H14N4O2. The molecule has 6 heteroatoms. The number of nitrogens with one attached hydrogen (secondary N) is 1. The van der Waals surface area contributed by atoms with Gasteiger partial charge in [0.15, 0.2) is 0 Å². The number of nitrogens with zero attached hydrogens (tertiary/aromatic N) is 2. The van der Waals surface area contributed by atoms with E-state index in [1.54, 1.807) is 0 Å². The average molecular weight is 186 g/mol. The van der Waals surface area contributed by atoms with Gasteiger partial charge in [0.2, 0.25) is 5.96 Å². The molecule has 0 aromatic carbocycles. The maximum Gasteiger partial charge on any atom is 0.219 e. The molecule has 0 saturated heterocycles. The van der Waals surface area contributed by atoms with Crippen LogP contribution >= 0.6 is 0 Å². The van der Waals surface area contributed by atoms with Crippen molar-refractivity contribution in [2.24, 2.45) is 16.1 Å². The Bertz CT molecular complexity index is 211. The highest BCUT2D eigenvalue weighted by Crippen LogP contribution is 2.25. The quantitative estimate of drug-likeness (QED) is 0.189. The average Bonchev–Trinajstić information content (AvgIpc) is 2.04. The summed E-state index contributed by atoms with van der Waals surface area (Å²) in [7, 11) is 0. The smallest absolute Gasteiger partial charge is 0.219 e. The molecule has 13 heavy (non-hydrogen) atoms. The van der Waals surface area contributed by atoms with E-state index in [0.717, 1.165) is 19.3 Å². The van der Waals surface area contributed by atoms with Gasteiger partial charge in [-0.1, -0.05) is 11.5 Å². The molecule has 1 fully saturated rings. The molecule has 1 rings (SSSR count). The van der Waals surface area contributed by atoms with Crippen molar-refractivity contribution in [3.05, 3.63) is 4.91 Å². The van der Waals surface area contributed by atoms with Crippen LogP contribution in [0, 0.1) is 4.91 Å². The van der Waals surface area contributed by atoms with Gasteiger partial charge in [0.05, 0.1) is 5.29 Å². The van der Waals surface area contributed by atoms with E-state index in [-0.39, 0.29) is 5.96 Å². The Morgan fingerprint density at radius 3 is 2.54 bits per heavy atom. The van der Waals surface area contributed by atoms with Gasteiger partial charge in [-0.15, -0.1) is 4.91 Å². The second-order valence-corrected chi connectivity index (χ2v) is 3.28. The predicted molar refractivity (Wildman–Crippen MR) is 48.6 cm³/mol. The molecule has 1 aliphatic carbocycles. The fourth-order valence-corrected chi connectivity index (χ4v) is 1.57. The van der Waals surface area contributed by atoms with Gasteiger partial charge in [0.1, 0.15) is 5.72 Å². The summed E-state index contributed by atoms with van der Waals surface area (Å²) in [6.07, 6.45) is 4.27. The third-order valence-electron chi connectivity index (χ3n) is 2.19. The van der Waals surface area contributed by atoms with E-state index in [1.165, 1.54) is 0 Å². The fourth-order valence-electron chi connectivity index (χ4n) is 1.57. The molecule has 0 atom stereocenters. The Hall–Kier alpha value is -1.17. The maximum atomic E-state index is 9.85. The maximum absolute atomic E-state index is 9.85. The van der Waals surface area contributed by atoms with E-state index in [9.17, 15) is 10.0 Å². The number of guanidine groups is 1. The largest absolute Gasteiger partial charge is 0.371 e. The lowest BCUT2D eigenvalue weighted by Gasteiger charge is -2.32. The Morgan fingerprint density at radius 1 is 1.38 bits per heavy atom. The van der Waals surface area contributed by atoms with Crippen LogP contribution in [-0.4, -0.2) is 16.8 Å². The van der Waals surface area contributed by atoms with Gasteiger partial charge >= 0.3 is 0 Å². The minimum Gasteiger partial charge on any atom is -0.371 e. The molecule has 0 heterocycles. The molecule has 74 valence electrons. The molecule has 6 nitrogen and oxygen atoms in total. The molecule has 0 radical (unpaired) electrons. The highest BCUT2D eigenvalue weighted by molar-refractivity contribution is 5.78. The van der Waals surface area contributed by atoms with Gasteiger partial charge in [0, 0.05) is 0 Å². The first-order valence-electron chi connectivity index (χ1n) is 4.33. The summed E-state index contributed by atoms with van der Waals surface area (Å²) >= 11 is 0. The third kappa shape index (κ3) is 2.98. The van der Waals surface area contributed by atoms with Gasteiger partial charge in [0.25, 0.3) is 0 Å². The molecule has 0 amide bonds. The van der Waals surface area contributed by atoms with Crippen molar-refractivity contribution in [2.75, 3.05) is 0 Å². The van der Waals surface area contributed by atoms with Gasteiger partial charge in [-0.05, 0) is 25.7 Å². The van der Waals surface area contributed by atoms with Crippen LogP contribution in [0.5, 0.6) is 0 Å². The van der Waals surface area contributed by atoms with Crippen LogP contribution in [0.15, 0.2) is 10.4 Å². The predicted octanol–water partition coefficient (Wildman–Crippen LogP) is 0.225. The van der Waals surface area contributed by atoms with Crippen molar-refractivity contribution in [3.8, 4) is 0 Å². The van der Waals surface area contributed by atoms with Crippen molar-refractivity contribution in [3.63, 3.8) is 0 Å². The summed E-state index contributed by atoms with van der Waals surface area (Å²) in [5, 5.41) is 17.8. The standard InChI is InChI=1S/C7H14N4O2/c8-6(10-11-13)9-7(12)4-2-1-3-5-7/h12H,1-5H2,(H3,8,9,10,13). The SMILES string of the molecule is NC(=NN=O)NC1(O)CCCCC1. The zero-order valence-corrected chi connectivity index (χ0v) is 7.36. The van der Waals surface area contributed by atoms with Gasteiger partial charge in [-0.2, -0.15) is 0 Å². The first kappa shape index (κ1) is 9.91. The summed E-state index contributed by atoms with van der Waals surface area (Å²) < 4.78 is 0. The molecule has 4 N–H and O–H groups in total. The minimum atomic E-state index is -1.00. The van der Waals surface area contributed by atoms with Crippen molar-refractivity contribution >= 4 is 5.96 Å². The first-order valence-corrected chi connectivity index (χ1v) is 4.33. The van der Waals surface area contributed by atoms with Gasteiger partial charge < -0.3 is 16.2 Å². The van der Waals surface area contributed by atoms with Crippen molar-refractivity contribution < 1.29 is 5.11 Å². The Kier molecular flexibility index (Phi) is 3.18. The number of nitrogens with two attached hydrogens (primary N) is 1. The second-order valence-electron chi connectivity index (χ2n) is 3.28. The minimum absolute atomic E-state index is 0.126. The van der Waals surface area contributed by atoms with Crippen molar-refractivity contribution in [1.82, 2.24) is 5.32 Å². The number of rotatable bonds is 2. The lowest BCUT2D eigenvalue weighted by atomic mass is 9.92. The van der Waals surface area contributed by atoms with Crippen LogP contribution in [0.25, 0.3) is 0 Å². The van der Waals surface area contributed by atoms with E-state index in [0.29, 0.717) is 12.8 Å². The Balaban J connectivity index is 2.49. The molecule has 1 aliphatic rings. The summed E-state index contributed by atoms with van der Waals surface area (Å²) in [6, 6.07) is 0. The number of nitroso groups, excluding NO2 is 1. The van der Waals surface area contributed by atoms with E-state index < -0.39 is 5.72 Å². The van der Waals surface area contributed by atoms with E-state index in [1.807, 2.05) is 0 Å². The van der Waals surface area contributed by atoms with Crippen LogP contribution in [0.4, 0.5) is 0 Å². The van der Waals surface area contributed by atoms with Crippen molar-refractivity contribution in [1.29, 1.82) is 0 Å². The fraction of sp³-hybridized carbons (Fsp3) is 0.857. The molecule has 0 bridgehead atoms. The highest BCUT2D eigenvalue weighted by atomic mass is 16.3. The zero-order chi connectivity index (χ0) is 9.73. The van der Waals surface area contributed by atoms with E-state index >= 15 is 0 Å². The highest BCUT2D eigenvalue weighted by Gasteiger charge is 2.29. The molecule has 0 unspecified atom stereocenters. The number of hydrogen-bond donors (Lipinski definition) is 3. The Labute approximate surface area is 76.2 Å². The molecule has 0 aliphatic heterocycles. The second kappa shape index (κ2) is 4.18. The third-order valence-corrected chi connectivity index (χ3v) is 2.19. The van der Waals surface area contributed by atoms with Crippen molar-refractivity contribution in [2.45, 2.75) is 37.8 Å². The van der Waals surface area contributed by atoms with Crippen LogP contribution < -0.4 is 11.1 Å². The lowest BCUT2D eigenvalue weighted by molar-refractivity contribution is -0.0105. The van der Waals surface area contributed by atoms with Gasteiger partial charge in [-0.3, -0.25) is 0 Å². The lowest BCUT2D eigenvalue weighted by Crippen LogP contribution is -2.52. The molecule has 0 spiro atoms. The van der Waals surface area contributed by atoms with Crippen LogP contribution in [-0.2, 0) is 0 Å². The van der Waals surface area contributed by atoms with Crippen LogP contribution in [0.3, 0.4) is 0 Å². The Morgan fingerprint density at radius 2 is 2.00 bits per heavy atom. The van der Waals surface area contributed by atoms with Crippen LogP contribution in [0.1, 0.15) is 32.1 Å². The summed E-state index contributed by atoms with van der Waals surface area (Å²) in [5.41, 5.74) is 4.28. The summed E-state index contributed by atoms with van der Waals surface area (Å²) in [5.74, 6) is -0.126. The zero-order valence-electron chi connectivity index (χ0n) is 7.36.